The fourth-order valence-electron chi connectivity index (χ4n) is 6.28. The Bertz CT molecular complexity index is 1740. The summed E-state index contributed by atoms with van der Waals surface area (Å²) in [7, 11) is 0. The molecule has 1 amide bonds. The van der Waals surface area contributed by atoms with E-state index in [2.05, 4.69) is 30.4 Å². The second-order valence-electron chi connectivity index (χ2n) is 10.5. The molecule has 7 heterocycles. The van der Waals surface area contributed by atoms with E-state index in [0.717, 1.165) is 29.7 Å². The quantitative estimate of drug-likeness (QED) is 0.321. The molecule has 0 saturated carbocycles. The molecule has 0 radical (unpaired) electrons. The maximum Gasteiger partial charge on any atom is 0.292 e. The van der Waals surface area contributed by atoms with Gasteiger partial charge in [-0.05, 0) is 57.7 Å². The highest BCUT2D eigenvalue weighted by Crippen LogP contribution is 2.45. The molecule has 0 unspecified atom stereocenters. The third-order valence-electron chi connectivity index (χ3n) is 8.05. The molecule has 2 aliphatic rings. The first-order valence-corrected chi connectivity index (χ1v) is 13.2. The summed E-state index contributed by atoms with van der Waals surface area (Å²) >= 11 is 0. The summed E-state index contributed by atoms with van der Waals surface area (Å²) in [6.45, 7) is 3.43. The van der Waals surface area contributed by atoms with Crippen LogP contribution in [0.3, 0.4) is 0 Å². The van der Waals surface area contributed by atoms with Crippen LogP contribution >= 0.6 is 0 Å². The molecule has 0 aromatic carbocycles. The van der Waals surface area contributed by atoms with Gasteiger partial charge in [-0.25, -0.2) is 14.6 Å². The number of nitrogen functional groups attached to an aromatic ring is 1. The Kier molecular flexibility index (Phi) is 5.47. The van der Waals surface area contributed by atoms with Crippen LogP contribution < -0.4 is 5.73 Å². The van der Waals surface area contributed by atoms with Crippen molar-refractivity contribution in [2.24, 2.45) is 0 Å². The number of aryl methyl sites for hydroxylation is 1. The van der Waals surface area contributed by atoms with Gasteiger partial charge in [-0.1, -0.05) is 0 Å². The van der Waals surface area contributed by atoms with Crippen LogP contribution in [0.1, 0.15) is 70.9 Å². The predicted octanol–water partition coefficient (Wildman–Crippen LogP) is 2.74. The van der Waals surface area contributed by atoms with Gasteiger partial charge in [0, 0.05) is 41.5 Å². The molecule has 40 heavy (non-hydrogen) atoms. The molecule has 0 spiro atoms. The van der Waals surface area contributed by atoms with Crippen LogP contribution in [0.5, 0.6) is 0 Å². The Morgan fingerprint density at radius 2 is 1.90 bits per heavy atom. The predicted molar refractivity (Wildman–Crippen MR) is 144 cm³/mol. The van der Waals surface area contributed by atoms with Crippen molar-refractivity contribution in [3.8, 4) is 16.9 Å². The summed E-state index contributed by atoms with van der Waals surface area (Å²) in [6.07, 6.45) is 9.87. The Balaban J connectivity index is 1.26. The van der Waals surface area contributed by atoms with E-state index in [1.54, 1.807) is 17.1 Å². The van der Waals surface area contributed by atoms with Gasteiger partial charge in [0.1, 0.15) is 12.1 Å². The van der Waals surface area contributed by atoms with Crippen molar-refractivity contribution in [2.75, 3.05) is 5.73 Å². The zero-order chi connectivity index (χ0) is 27.5. The number of nitrogens with one attached hydrogen (secondary N) is 1. The lowest BCUT2D eigenvalue weighted by Crippen LogP contribution is -2.46. The number of anilines is 1. The number of carbonyl (C=O) groups is 2. The molecule has 3 atom stereocenters. The van der Waals surface area contributed by atoms with Gasteiger partial charge in [-0.15, -0.1) is 10.2 Å². The van der Waals surface area contributed by atoms with Crippen LogP contribution in [0.15, 0.2) is 43.1 Å². The Labute approximate surface area is 228 Å². The summed E-state index contributed by atoms with van der Waals surface area (Å²) in [4.78, 5) is 40.4. The molecule has 2 saturated heterocycles. The van der Waals surface area contributed by atoms with Crippen molar-refractivity contribution >= 4 is 23.2 Å². The molecule has 2 fully saturated rings. The second kappa shape index (κ2) is 9.07. The number of piperidine rings is 1. The van der Waals surface area contributed by atoms with E-state index in [1.807, 2.05) is 36.2 Å². The number of Topliss-reactive ketones (excluding diaryl/α,β-unsaturated/α-hetero) is 1. The average molecular weight is 538 g/mol. The van der Waals surface area contributed by atoms with Gasteiger partial charge >= 0.3 is 0 Å². The molecule has 3 N–H and O–H groups in total. The minimum absolute atomic E-state index is 0.0208. The number of fused-ring (bicyclic) bond motifs is 3. The lowest BCUT2D eigenvalue weighted by Gasteiger charge is -2.38. The highest BCUT2D eigenvalue weighted by atomic mass is 16.2. The van der Waals surface area contributed by atoms with Crippen LogP contribution in [0.25, 0.3) is 22.6 Å². The zero-order valence-corrected chi connectivity index (χ0v) is 22.0. The fourth-order valence-corrected chi connectivity index (χ4v) is 6.28. The molecule has 0 aliphatic carbocycles. The minimum atomic E-state index is -0.160. The molecule has 2 aliphatic heterocycles. The summed E-state index contributed by atoms with van der Waals surface area (Å²) in [5.74, 6) is 0.873. The number of rotatable bonds is 5. The molecule has 202 valence electrons. The highest BCUT2D eigenvalue weighted by molar-refractivity contribution is 6.00. The first kappa shape index (κ1) is 24.1. The van der Waals surface area contributed by atoms with Gasteiger partial charge in [0.25, 0.3) is 5.91 Å². The Hall–Kier alpha value is -4.94. The average Bonchev–Trinajstić information content (AvgIpc) is 3.75. The van der Waals surface area contributed by atoms with Crippen LogP contribution in [-0.2, 0) is 0 Å². The molecule has 2 bridgehead atoms. The first-order chi connectivity index (χ1) is 19.4. The largest absolute Gasteiger partial charge is 0.383 e. The zero-order valence-electron chi connectivity index (χ0n) is 22.0. The molecular formula is C27H27N11O2. The normalized spacial score (nSPS) is 20.4. The van der Waals surface area contributed by atoms with Crippen molar-refractivity contribution in [3.63, 3.8) is 0 Å². The monoisotopic (exact) mass is 537 g/mol. The SMILES string of the molecule is CC(=O)c1c([C@@H]2C[C@H]3CC[C@@H](C2)N3C(=O)c2nnc[nH]2)nc2c(-c3ccc(-n4ccc(C)n4)nc3)cnn2c1N. The number of carbonyl (C=O) groups excluding carboxylic acids is 2. The maximum absolute atomic E-state index is 13.1. The number of pyridine rings is 1. The standard InChI is InChI=1S/C27H27N11O2/c1-14-7-8-36(35-14)21-6-3-16(11-29-21)20-12-32-38-24(28)22(15(2)39)23(33-26(20)38)17-9-18-4-5-19(10-17)37(18)27(40)25-30-13-31-34-25/h3,6-8,11-13,17-19H,4-5,9-10,28H2,1-2H3,(H,30,31,34)/t17-,18-,19+. The minimum Gasteiger partial charge on any atom is -0.383 e. The number of H-pyrrole nitrogens is 1. The van der Waals surface area contributed by atoms with Gasteiger partial charge in [0.15, 0.2) is 17.2 Å². The number of ketones is 1. The van der Waals surface area contributed by atoms with E-state index in [-0.39, 0.29) is 41.3 Å². The van der Waals surface area contributed by atoms with Crippen LogP contribution in [0.2, 0.25) is 0 Å². The van der Waals surface area contributed by atoms with E-state index >= 15 is 0 Å². The van der Waals surface area contributed by atoms with Crippen molar-refractivity contribution < 1.29 is 9.59 Å². The lowest BCUT2D eigenvalue weighted by atomic mass is 9.85. The Morgan fingerprint density at radius 3 is 2.52 bits per heavy atom. The number of hydrogen-bond donors (Lipinski definition) is 2. The summed E-state index contributed by atoms with van der Waals surface area (Å²) in [5, 5.41) is 16.6. The number of amides is 1. The summed E-state index contributed by atoms with van der Waals surface area (Å²) in [6, 6.07) is 5.79. The number of nitrogens with two attached hydrogens (primary N) is 1. The van der Waals surface area contributed by atoms with Crippen LogP contribution in [-0.4, -0.2) is 73.2 Å². The number of aromatic nitrogens is 9. The van der Waals surface area contributed by atoms with Gasteiger partial charge < -0.3 is 15.6 Å². The second-order valence-corrected chi connectivity index (χ2v) is 10.5. The van der Waals surface area contributed by atoms with Gasteiger partial charge in [0.2, 0.25) is 5.82 Å². The van der Waals surface area contributed by atoms with Crippen molar-refractivity contribution in [1.82, 2.24) is 49.4 Å². The van der Waals surface area contributed by atoms with Crippen molar-refractivity contribution in [3.05, 3.63) is 65.9 Å². The fraction of sp³-hybridized carbons (Fsp3) is 0.333. The number of aromatic amines is 1. The van der Waals surface area contributed by atoms with E-state index in [0.29, 0.717) is 35.6 Å². The third-order valence-corrected chi connectivity index (χ3v) is 8.05. The summed E-state index contributed by atoms with van der Waals surface area (Å²) < 4.78 is 3.24. The maximum atomic E-state index is 13.1. The van der Waals surface area contributed by atoms with Crippen molar-refractivity contribution in [1.29, 1.82) is 0 Å². The highest BCUT2D eigenvalue weighted by Gasteiger charge is 2.45. The van der Waals surface area contributed by atoms with Gasteiger partial charge in [-0.2, -0.15) is 14.7 Å². The molecule has 13 nitrogen and oxygen atoms in total. The van der Waals surface area contributed by atoms with Gasteiger partial charge in [0.05, 0.1) is 23.1 Å². The molecule has 5 aromatic heterocycles. The molecular weight excluding hydrogens is 510 g/mol. The lowest BCUT2D eigenvalue weighted by molar-refractivity contribution is 0.0556. The van der Waals surface area contributed by atoms with E-state index in [9.17, 15) is 9.59 Å². The van der Waals surface area contributed by atoms with Crippen LogP contribution in [0.4, 0.5) is 5.82 Å². The first-order valence-electron chi connectivity index (χ1n) is 13.2. The summed E-state index contributed by atoms with van der Waals surface area (Å²) in [5.41, 5.74) is 10.7. The number of hydrogen-bond acceptors (Lipinski definition) is 9. The van der Waals surface area contributed by atoms with E-state index < -0.39 is 0 Å². The molecule has 7 rings (SSSR count). The smallest absolute Gasteiger partial charge is 0.292 e. The van der Waals surface area contributed by atoms with Crippen molar-refractivity contribution in [2.45, 2.75) is 57.5 Å². The van der Waals surface area contributed by atoms with E-state index in [4.69, 9.17) is 10.7 Å². The molecule has 5 aromatic rings. The Morgan fingerprint density at radius 1 is 1.10 bits per heavy atom. The topological polar surface area (TPSA) is 166 Å². The number of nitrogens with zero attached hydrogens (tertiary/aromatic N) is 9. The van der Waals surface area contributed by atoms with Gasteiger partial charge in [-0.3, -0.25) is 9.59 Å². The van der Waals surface area contributed by atoms with Crippen LogP contribution in [0, 0.1) is 6.92 Å². The third kappa shape index (κ3) is 3.76. The van der Waals surface area contributed by atoms with E-state index in [1.165, 1.54) is 17.8 Å². The molecule has 13 heteroatoms.